The van der Waals surface area contributed by atoms with Gasteiger partial charge >= 0.3 is 5.97 Å². The Morgan fingerprint density at radius 2 is 1.78 bits per heavy atom. The lowest BCUT2D eigenvalue weighted by atomic mass is 10.1. The van der Waals surface area contributed by atoms with Crippen molar-refractivity contribution < 1.29 is 14.3 Å². The Balaban J connectivity index is 2.14. The monoisotopic (exact) mass is 308 g/mol. The minimum atomic E-state index is -0.384. The van der Waals surface area contributed by atoms with Gasteiger partial charge < -0.3 is 10.1 Å². The normalized spacial score (nSPS) is 9.78. The second-order valence-corrected chi connectivity index (χ2v) is 4.97. The summed E-state index contributed by atoms with van der Waals surface area (Å²) in [7, 11) is 1.34. The predicted molar refractivity (Wildman–Crippen MR) is 86.3 cm³/mol. The maximum absolute atomic E-state index is 11.4. The molecule has 2 aromatic carbocycles. The van der Waals surface area contributed by atoms with Crippen LogP contribution in [-0.2, 0) is 11.3 Å². The highest BCUT2D eigenvalue weighted by molar-refractivity contribution is 5.95. The second-order valence-electron chi connectivity index (χ2n) is 4.97. The minimum Gasteiger partial charge on any atom is -0.465 e. The Morgan fingerprint density at radius 1 is 1.13 bits per heavy atom. The number of ketones is 1. The molecule has 0 saturated heterocycles. The minimum absolute atomic E-state index is 0.0556. The highest BCUT2D eigenvalue weighted by atomic mass is 16.5. The van der Waals surface area contributed by atoms with E-state index in [1.54, 1.807) is 42.5 Å². The molecule has 0 unspecified atom stereocenters. The first kappa shape index (κ1) is 16.2. The lowest BCUT2D eigenvalue weighted by Crippen LogP contribution is -2.05. The first-order valence-electron chi connectivity index (χ1n) is 7.01. The van der Waals surface area contributed by atoms with E-state index in [-0.39, 0.29) is 11.8 Å². The van der Waals surface area contributed by atoms with E-state index in [1.165, 1.54) is 14.0 Å². The highest BCUT2D eigenvalue weighted by Crippen LogP contribution is 2.19. The Kier molecular flexibility index (Phi) is 5.11. The molecule has 5 nitrogen and oxygen atoms in total. The number of esters is 1. The third kappa shape index (κ3) is 3.95. The molecule has 0 heterocycles. The molecule has 23 heavy (non-hydrogen) atoms. The van der Waals surface area contributed by atoms with Crippen LogP contribution in [0.5, 0.6) is 0 Å². The summed E-state index contributed by atoms with van der Waals surface area (Å²) in [6.07, 6.45) is 0. The van der Waals surface area contributed by atoms with E-state index < -0.39 is 0 Å². The SMILES string of the molecule is COC(=O)c1ccc(CNc2cc(C(C)=O)ccc2C#N)cc1. The number of hydrogen-bond donors (Lipinski definition) is 1. The number of nitrogens with zero attached hydrogens (tertiary/aromatic N) is 1. The van der Waals surface area contributed by atoms with Gasteiger partial charge in [0, 0.05) is 12.1 Å². The lowest BCUT2D eigenvalue weighted by molar-refractivity contribution is 0.0600. The molecule has 5 heteroatoms. The first-order valence-corrected chi connectivity index (χ1v) is 7.01. The molecule has 0 aliphatic heterocycles. The van der Waals surface area contributed by atoms with Crippen molar-refractivity contribution in [1.82, 2.24) is 0 Å². The highest BCUT2D eigenvalue weighted by Gasteiger charge is 2.07. The summed E-state index contributed by atoms with van der Waals surface area (Å²) in [5, 5.41) is 12.3. The van der Waals surface area contributed by atoms with Crippen molar-refractivity contribution in [3.05, 3.63) is 64.7 Å². The Hall–Kier alpha value is -3.13. The fourth-order valence-electron chi connectivity index (χ4n) is 2.08. The van der Waals surface area contributed by atoms with E-state index in [9.17, 15) is 9.59 Å². The van der Waals surface area contributed by atoms with Gasteiger partial charge in [0.25, 0.3) is 0 Å². The van der Waals surface area contributed by atoms with Gasteiger partial charge in [0.05, 0.1) is 23.9 Å². The van der Waals surface area contributed by atoms with Crippen LogP contribution in [-0.4, -0.2) is 18.9 Å². The average Bonchev–Trinajstić information content (AvgIpc) is 2.59. The standard InChI is InChI=1S/C18H16N2O3/c1-12(21)15-7-8-16(10-19)17(9-15)20-11-13-3-5-14(6-4-13)18(22)23-2/h3-9,20H,11H2,1-2H3. The summed E-state index contributed by atoms with van der Waals surface area (Å²) in [6, 6.07) is 14.0. The molecule has 0 bridgehead atoms. The third-order valence-corrected chi connectivity index (χ3v) is 3.40. The largest absolute Gasteiger partial charge is 0.465 e. The van der Waals surface area contributed by atoms with Crippen molar-refractivity contribution in [2.75, 3.05) is 12.4 Å². The summed E-state index contributed by atoms with van der Waals surface area (Å²) >= 11 is 0. The van der Waals surface area contributed by atoms with E-state index in [0.29, 0.717) is 28.9 Å². The van der Waals surface area contributed by atoms with Crippen molar-refractivity contribution in [2.45, 2.75) is 13.5 Å². The maximum Gasteiger partial charge on any atom is 0.337 e. The molecular formula is C18H16N2O3. The lowest BCUT2D eigenvalue weighted by Gasteiger charge is -2.10. The van der Waals surface area contributed by atoms with Gasteiger partial charge in [0.1, 0.15) is 6.07 Å². The third-order valence-electron chi connectivity index (χ3n) is 3.40. The number of rotatable bonds is 5. The molecule has 0 aliphatic rings. The van der Waals surface area contributed by atoms with Crippen LogP contribution >= 0.6 is 0 Å². The first-order chi connectivity index (χ1) is 11.0. The van der Waals surface area contributed by atoms with E-state index in [2.05, 4.69) is 16.1 Å². The van der Waals surface area contributed by atoms with Crippen LogP contribution < -0.4 is 5.32 Å². The predicted octanol–water partition coefficient (Wildman–Crippen LogP) is 3.16. The number of benzene rings is 2. The van der Waals surface area contributed by atoms with Crippen LogP contribution in [0.3, 0.4) is 0 Å². The summed E-state index contributed by atoms with van der Waals surface area (Å²) < 4.78 is 4.65. The van der Waals surface area contributed by atoms with E-state index >= 15 is 0 Å². The van der Waals surface area contributed by atoms with Crippen LogP contribution in [0.4, 0.5) is 5.69 Å². The molecule has 0 fully saturated rings. The van der Waals surface area contributed by atoms with Gasteiger partial charge in [0.15, 0.2) is 5.78 Å². The van der Waals surface area contributed by atoms with Gasteiger partial charge in [-0.25, -0.2) is 4.79 Å². The van der Waals surface area contributed by atoms with E-state index in [0.717, 1.165) is 5.56 Å². The number of carbonyl (C=O) groups excluding carboxylic acids is 2. The molecule has 1 N–H and O–H groups in total. The number of carbonyl (C=O) groups is 2. The number of nitriles is 1. The number of nitrogens with one attached hydrogen (secondary N) is 1. The zero-order chi connectivity index (χ0) is 16.8. The van der Waals surface area contributed by atoms with Crippen molar-refractivity contribution in [3.8, 4) is 6.07 Å². The van der Waals surface area contributed by atoms with Crippen molar-refractivity contribution >= 4 is 17.4 Å². The van der Waals surface area contributed by atoms with Crippen LogP contribution in [0, 0.1) is 11.3 Å². The average molecular weight is 308 g/mol. The van der Waals surface area contributed by atoms with Crippen LogP contribution in [0.1, 0.15) is 38.8 Å². The molecule has 0 aromatic heterocycles. The summed E-state index contributed by atoms with van der Waals surface area (Å²) in [4.78, 5) is 22.8. The van der Waals surface area contributed by atoms with Crippen LogP contribution in [0.25, 0.3) is 0 Å². The number of anilines is 1. The quantitative estimate of drug-likeness (QED) is 0.678. The Bertz CT molecular complexity index is 774. The van der Waals surface area contributed by atoms with Crippen molar-refractivity contribution in [1.29, 1.82) is 5.26 Å². The van der Waals surface area contributed by atoms with Gasteiger partial charge in [-0.1, -0.05) is 12.1 Å². The fourth-order valence-corrected chi connectivity index (χ4v) is 2.08. The summed E-state index contributed by atoms with van der Waals surface area (Å²) in [6.45, 7) is 1.95. The molecule has 0 amide bonds. The summed E-state index contributed by atoms with van der Waals surface area (Å²) in [5.41, 5.74) is 3.05. The van der Waals surface area contributed by atoms with Crippen molar-refractivity contribution in [3.63, 3.8) is 0 Å². The summed E-state index contributed by atoms with van der Waals surface area (Å²) in [5.74, 6) is -0.439. The maximum atomic E-state index is 11.4. The smallest absolute Gasteiger partial charge is 0.337 e. The zero-order valence-corrected chi connectivity index (χ0v) is 12.9. The number of Topliss-reactive ketones (excluding diaryl/α,β-unsaturated/α-hetero) is 1. The van der Waals surface area contributed by atoms with Crippen molar-refractivity contribution in [2.24, 2.45) is 0 Å². The molecule has 0 saturated carbocycles. The Labute approximate surface area is 134 Å². The molecule has 2 rings (SSSR count). The van der Waals surface area contributed by atoms with Crippen LogP contribution in [0.15, 0.2) is 42.5 Å². The zero-order valence-electron chi connectivity index (χ0n) is 12.9. The van der Waals surface area contributed by atoms with Crippen LogP contribution in [0.2, 0.25) is 0 Å². The molecule has 2 aromatic rings. The van der Waals surface area contributed by atoms with Gasteiger partial charge in [-0.2, -0.15) is 5.26 Å². The molecule has 0 aliphatic carbocycles. The Morgan fingerprint density at radius 3 is 2.35 bits per heavy atom. The molecule has 116 valence electrons. The number of methoxy groups -OCH3 is 1. The second kappa shape index (κ2) is 7.23. The topological polar surface area (TPSA) is 79.2 Å². The van der Waals surface area contributed by atoms with E-state index in [4.69, 9.17) is 5.26 Å². The van der Waals surface area contributed by atoms with Gasteiger partial charge in [0.2, 0.25) is 0 Å². The molecule has 0 radical (unpaired) electrons. The molecule has 0 atom stereocenters. The molecular weight excluding hydrogens is 292 g/mol. The van der Waals surface area contributed by atoms with Gasteiger partial charge in [-0.15, -0.1) is 0 Å². The van der Waals surface area contributed by atoms with Gasteiger partial charge in [-0.05, 0) is 42.8 Å². The number of hydrogen-bond acceptors (Lipinski definition) is 5. The van der Waals surface area contributed by atoms with E-state index in [1.807, 2.05) is 0 Å². The van der Waals surface area contributed by atoms with Gasteiger partial charge in [-0.3, -0.25) is 4.79 Å². The molecule has 0 spiro atoms. The number of ether oxygens (including phenoxy) is 1. The fraction of sp³-hybridized carbons (Fsp3) is 0.167.